The Morgan fingerprint density at radius 1 is 1.24 bits per heavy atom. The zero-order chi connectivity index (χ0) is 13.9. The van der Waals surface area contributed by atoms with Gasteiger partial charge in [0.05, 0.1) is 6.54 Å². The van der Waals surface area contributed by atoms with Crippen LogP contribution in [0.25, 0.3) is 0 Å². The predicted molar refractivity (Wildman–Crippen MR) is 85.2 cm³/mol. The number of Topliss-reactive ketones (excluding diaryl/α,β-unsaturated/α-hetero) is 1. The highest BCUT2D eigenvalue weighted by molar-refractivity contribution is 6.00. The average Bonchev–Trinajstić information content (AvgIpc) is 3.24. The number of ketones is 1. The van der Waals surface area contributed by atoms with Gasteiger partial charge in [-0.3, -0.25) is 9.59 Å². The molecule has 21 heavy (non-hydrogen) atoms. The fourth-order valence-electron chi connectivity index (χ4n) is 2.62. The van der Waals surface area contributed by atoms with E-state index in [9.17, 15) is 9.59 Å². The van der Waals surface area contributed by atoms with Crippen molar-refractivity contribution in [1.82, 2.24) is 5.32 Å². The first-order chi connectivity index (χ1) is 9.72. The molecular weight excluding hydrogens is 288 g/mol. The van der Waals surface area contributed by atoms with Crippen LogP contribution in [-0.2, 0) is 11.2 Å². The summed E-state index contributed by atoms with van der Waals surface area (Å²) in [5, 5.41) is 6.01. The summed E-state index contributed by atoms with van der Waals surface area (Å²) in [7, 11) is 0. The minimum Gasteiger partial charge on any atom is -0.325 e. The average molecular weight is 309 g/mol. The van der Waals surface area contributed by atoms with Crippen LogP contribution in [-0.4, -0.2) is 24.8 Å². The maximum absolute atomic E-state index is 11.9. The number of benzene rings is 1. The quantitative estimate of drug-likeness (QED) is 0.879. The summed E-state index contributed by atoms with van der Waals surface area (Å²) in [4.78, 5) is 23.7. The molecule has 3 rings (SSSR count). The van der Waals surface area contributed by atoms with Crippen LogP contribution < -0.4 is 10.6 Å². The Labute approximate surface area is 131 Å². The summed E-state index contributed by atoms with van der Waals surface area (Å²) in [6.45, 7) is 1.26. The molecule has 5 heteroatoms. The zero-order valence-corrected chi connectivity index (χ0v) is 12.8. The van der Waals surface area contributed by atoms with Crippen molar-refractivity contribution in [3.05, 3.63) is 29.3 Å². The molecule has 0 atom stereocenters. The topological polar surface area (TPSA) is 58.2 Å². The Morgan fingerprint density at radius 3 is 2.81 bits per heavy atom. The second-order valence-electron chi connectivity index (χ2n) is 5.77. The molecule has 1 aromatic rings. The van der Waals surface area contributed by atoms with Gasteiger partial charge in [0.2, 0.25) is 5.91 Å². The number of amides is 1. The minimum atomic E-state index is -0.0474. The predicted octanol–water partition coefficient (Wildman–Crippen LogP) is 2.57. The van der Waals surface area contributed by atoms with Gasteiger partial charge >= 0.3 is 0 Å². The van der Waals surface area contributed by atoms with E-state index >= 15 is 0 Å². The molecule has 0 aromatic heterocycles. The lowest BCUT2D eigenvalue weighted by Gasteiger charge is -2.16. The van der Waals surface area contributed by atoms with Crippen LogP contribution in [0.3, 0.4) is 0 Å². The highest BCUT2D eigenvalue weighted by Crippen LogP contribution is 2.27. The number of carbonyl (C=O) groups is 2. The lowest BCUT2D eigenvalue weighted by Crippen LogP contribution is -2.29. The number of hydrogen-bond acceptors (Lipinski definition) is 3. The van der Waals surface area contributed by atoms with E-state index in [2.05, 4.69) is 10.6 Å². The van der Waals surface area contributed by atoms with E-state index in [1.54, 1.807) is 0 Å². The molecule has 2 N–H and O–H groups in total. The van der Waals surface area contributed by atoms with Gasteiger partial charge in [-0.05, 0) is 55.8 Å². The maximum atomic E-state index is 11.9. The maximum Gasteiger partial charge on any atom is 0.238 e. The van der Waals surface area contributed by atoms with Gasteiger partial charge in [-0.2, -0.15) is 0 Å². The van der Waals surface area contributed by atoms with Crippen molar-refractivity contribution in [2.45, 2.75) is 32.1 Å². The van der Waals surface area contributed by atoms with Crippen LogP contribution in [0.2, 0.25) is 0 Å². The van der Waals surface area contributed by atoms with E-state index in [0.29, 0.717) is 13.0 Å². The van der Waals surface area contributed by atoms with Crippen LogP contribution in [0.1, 0.15) is 41.6 Å². The van der Waals surface area contributed by atoms with Crippen LogP contribution >= 0.6 is 12.4 Å². The highest BCUT2D eigenvalue weighted by Gasteiger charge is 2.21. The number of anilines is 1. The van der Waals surface area contributed by atoms with Gasteiger partial charge in [0.15, 0.2) is 5.78 Å². The fourth-order valence-corrected chi connectivity index (χ4v) is 2.62. The van der Waals surface area contributed by atoms with Gasteiger partial charge in [-0.15, -0.1) is 12.4 Å². The number of aryl methyl sites for hydroxylation is 1. The molecule has 0 spiro atoms. The number of hydrogen-bond donors (Lipinski definition) is 2. The van der Waals surface area contributed by atoms with Crippen molar-refractivity contribution in [1.29, 1.82) is 0 Å². The summed E-state index contributed by atoms with van der Waals surface area (Å²) in [5.74, 6) is 0.909. The second-order valence-corrected chi connectivity index (χ2v) is 5.77. The molecule has 1 fully saturated rings. The summed E-state index contributed by atoms with van der Waals surface area (Å²) in [6.07, 6.45) is 5.07. The molecule has 2 aliphatic rings. The first kappa shape index (κ1) is 16.0. The van der Waals surface area contributed by atoms with Crippen molar-refractivity contribution >= 4 is 29.8 Å². The minimum absolute atomic E-state index is 0. The van der Waals surface area contributed by atoms with Crippen LogP contribution in [0.15, 0.2) is 18.2 Å². The third kappa shape index (κ3) is 4.29. The van der Waals surface area contributed by atoms with E-state index in [-0.39, 0.29) is 24.1 Å². The standard InChI is InChI=1S/C16H20N2O2.ClH/c19-15-3-1-2-12-6-7-13(8-14(12)15)18-16(20)10-17-9-11-4-5-11;/h6-8,11,17H,1-5,9-10H2,(H,18,20);1H. The number of nitrogens with one attached hydrogen (secondary N) is 2. The van der Waals surface area contributed by atoms with Gasteiger partial charge < -0.3 is 10.6 Å². The normalized spacial score (nSPS) is 16.9. The number of halogens is 1. The third-order valence-corrected chi connectivity index (χ3v) is 3.96. The molecule has 2 aliphatic carbocycles. The largest absolute Gasteiger partial charge is 0.325 e. The molecule has 1 amide bonds. The van der Waals surface area contributed by atoms with Crippen molar-refractivity contribution in [2.24, 2.45) is 5.92 Å². The van der Waals surface area contributed by atoms with Gasteiger partial charge in [-0.1, -0.05) is 6.07 Å². The van der Waals surface area contributed by atoms with Gasteiger partial charge in [0.25, 0.3) is 0 Å². The molecule has 1 aromatic carbocycles. The van der Waals surface area contributed by atoms with Crippen molar-refractivity contribution in [2.75, 3.05) is 18.4 Å². The Hall–Kier alpha value is -1.39. The zero-order valence-electron chi connectivity index (χ0n) is 12.0. The SMILES string of the molecule is Cl.O=C(CNCC1CC1)Nc1ccc2c(c1)C(=O)CCC2. The Kier molecular flexibility index (Phi) is 5.37. The molecule has 0 unspecified atom stereocenters. The summed E-state index contributed by atoms with van der Waals surface area (Å²) in [5.41, 5.74) is 2.60. The van der Waals surface area contributed by atoms with Crippen LogP contribution in [0.5, 0.6) is 0 Å². The Bertz CT molecular complexity index is 541. The first-order valence-electron chi connectivity index (χ1n) is 7.39. The lowest BCUT2D eigenvalue weighted by molar-refractivity contribution is -0.115. The lowest BCUT2D eigenvalue weighted by atomic mass is 9.90. The summed E-state index contributed by atoms with van der Waals surface area (Å²) < 4.78 is 0. The van der Waals surface area contributed by atoms with Crippen molar-refractivity contribution in [3.63, 3.8) is 0 Å². The molecule has 0 bridgehead atoms. The Balaban J connectivity index is 0.00000161. The smallest absolute Gasteiger partial charge is 0.238 e. The van der Waals surface area contributed by atoms with Crippen LogP contribution in [0, 0.1) is 5.92 Å². The third-order valence-electron chi connectivity index (χ3n) is 3.96. The molecule has 4 nitrogen and oxygen atoms in total. The highest BCUT2D eigenvalue weighted by atomic mass is 35.5. The first-order valence-corrected chi connectivity index (χ1v) is 7.39. The summed E-state index contributed by atoms with van der Waals surface area (Å²) >= 11 is 0. The molecule has 0 aliphatic heterocycles. The number of carbonyl (C=O) groups excluding carboxylic acids is 2. The number of fused-ring (bicyclic) bond motifs is 1. The second kappa shape index (κ2) is 7.05. The van der Waals surface area contributed by atoms with E-state index in [1.807, 2.05) is 18.2 Å². The monoisotopic (exact) mass is 308 g/mol. The number of rotatable bonds is 5. The van der Waals surface area contributed by atoms with Crippen molar-refractivity contribution < 1.29 is 9.59 Å². The van der Waals surface area contributed by atoms with E-state index < -0.39 is 0 Å². The fraction of sp³-hybridized carbons (Fsp3) is 0.500. The molecule has 1 saturated carbocycles. The molecular formula is C16H21ClN2O2. The molecule has 0 radical (unpaired) electrons. The Morgan fingerprint density at radius 2 is 2.05 bits per heavy atom. The van der Waals surface area contributed by atoms with E-state index in [1.165, 1.54) is 12.8 Å². The molecule has 0 saturated heterocycles. The molecule has 114 valence electrons. The molecule has 0 heterocycles. The van der Waals surface area contributed by atoms with Gasteiger partial charge in [0.1, 0.15) is 0 Å². The van der Waals surface area contributed by atoms with Crippen LogP contribution in [0.4, 0.5) is 5.69 Å². The van der Waals surface area contributed by atoms with Crippen molar-refractivity contribution in [3.8, 4) is 0 Å². The van der Waals surface area contributed by atoms with E-state index in [4.69, 9.17) is 0 Å². The van der Waals surface area contributed by atoms with Gasteiger partial charge in [-0.25, -0.2) is 0 Å². The van der Waals surface area contributed by atoms with Gasteiger partial charge in [0, 0.05) is 17.7 Å². The summed E-state index contributed by atoms with van der Waals surface area (Å²) in [6, 6.07) is 5.66. The van der Waals surface area contributed by atoms with E-state index in [0.717, 1.165) is 42.1 Å².